The number of carboxylic acids is 1. The summed E-state index contributed by atoms with van der Waals surface area (Å²) >= 11 is 5.61. The molecule has 0 rings (SSSR count). The van der Waals surface area contributed by atoms with E-state index in [4.69, 9.17) is 16.6 Å². The van der Waals surface area contributed by atoms with Crippen molar-refractivity contribution in [1.82, 2.24) is 21.3 Å². The molecule has 0 aromatic carbocycles. The van der Waals surface area contributed by atoms with Crippen molar-refractivity contribution in [2.75, 3.05) is 30.9 Å². The number of nitrogens with two attached hydrogens (primary N) is 2. The molecule has 0 spiro atoms. The number of unbranched alkanes of at least 4 members (excludes halogenated alkanes) is 1. The third-order valence-corrected chi connectivity index (χ3v) is 5.58. The van der Waals surface area contributed by atoms with Gasteiger partial charge in [0.25, 0.3) is 0 Å². The Morgan fingerprint density at radius 3 is 1.94 bits per heavy atom. The fraction of sp³-hybridized carbons (Fsp3) is 0.737. The first kappa shape index (κ1) is 31.0. The molecular weight excluding hydrogens is 472 g/mol. The van der Waals surface area contributed by atoms with Gasteiger partial charge in [-0.25, -0.2) is 0 Å². The lowest BCUT2D eigenvalue weighted by Crippen LogP contribution is -2.58. The molecule has 4 atom stereocenters. The monoisotopic (exact) mass is 508 g/mol. The van der Waals surface area contributed by atoms with Crippen LogP contribution in [0.25, 0.3) is 0 Å². The van der Waals surface area contributed by atoms with E-state index in [2.05, 4.69) is 33.9 Å². The van der Waals surface area contributed by atoms with Gasteiger partial charge in [0, 0.05) is 5.75 Å². The highest BCUT2D eigenvalue weighted by Crippen LogP contribution is 2.05. The van der Waals surface area contributed by atoms with E-state index in [0.29, 0.717) is 31.6 Å². The normalized spacial score (nSPS) is 14.3. The zero-order chi connectivity index (χ0) is 25.4. The molecule has 190 valence electrons. The Morgan fingerprint density at radius 1 is 0.879 bits per heavy atom. The standard InChI is InChI=1S/C19H36N6O6S2/c1-11(19(30)31)22-16(27)12(5-3-4-7-20)24-18(29)14(10-32)25-17(28)13(6-8-33-2)23-15(26)9-21/h11-14,32H,3-10,20-21H2,1-2H3,(H,22,27)(H,23,26)(H,24,29)(H,25,28)(H,30,31)/t11-,12-,13-,14-/m0/s1. The van der Waals surface area contributed by atoms with E-state index in [9.17, 15) is 24.0 Å². The summed E-state index contributed by atoms with van der Waals surface area (Å²) in [6, 6.07) is -4.14. The van der Waals surface area contributed by atoms with E-state index in [1.54, 1.807) is 0 Å². The number of carbonyl (C=O) groups excluding carboxylic acids is 4. The first-order valence-corrected chi connectivity index (χ1v) is 12.6. The van der Waals surface area contributed by atoms with Crippen molar-refractivity contribution in [2.45, 2.75) is 56.8 Å². The molecular formula is C19H36N6O6S2. The van der Waals surface area contributed by atoms with Gasteiger partial charge in [-0.3, -0.25) is 24.0 Å². The van der Waals surface area contributed by atoms with Crippen molar-refractivity contribution in [2.24, 2.45) is 11.5 Å². The minimum atomic E-state index is -1.22. The van der Waals surface area contributed by atoms with Crippen LogP contribution < -0.4 is 32.7 Å². The molecule has 0 heterocycles. The Kier molecular flexibility index (Phi) is 16.4. The maximum atomic E-state index is 12.8. The number of thiol groups is 1. The maximum Gasteiger partial charge on any atom is 0.325 e. The van der Waals surface area contributed by atoms with Crippen LogP contribution in [-0.4, -0.2) is 89.7 Å². The van der Waals surface area contributed by atoms with Gasteiger partial charge in [-0.05, 0) is 51.2 Å². The molecule has 14 heteroatoms. The van der Waals surface area contributed by atoms with Gasteiger partial charge in [0.15, 0.2) is 0 Å². The second-order valence-corrected chi connectivity index (χ2v) is 8.61. The number of amides is 4. The summed E-state index contributed by atoms with van der Waals surface area (Å²) in [7, 11) is 0. The average Bonchev–Trinajstić information content (AvgIpc) is 2.78. The number of rotatable bonds is 17. The van der Waals surface area contributed by atoms with Crippen molar-refractivity contribution in [3.63, 3.8) is 0 Å². The Morgan fingerprint density at radius 2 is 1.42 bits per heavy atom. The molecule has 0 aromatic heterocycles. The number of aliphatic carboxylic acids is 1. The molecule has 0 bridgehead atoms. The van der Waals surface area contributed by atoms with E-state index in [-0.39, 0.29) is 18.7 Å². The van der Waals surface area contributed by atoms with E-state index in [0.717, 1.165) is 0 Å². The largest absolute Gasteiger partial charge is 0.480 e. The summed E-state index contributed by atoms with van der Waals surface area (Å²) in [6.07, 6.45) is 3.55. The smallest absolute Gasteiger partial charge is 0.325 e. The molecule has 0 fully saturated rings. The van der Waals surface area contributed by atoms with Crippen LogP contribution >= 0.6 is 24.4 Å². The third-order valence-electron chi connectivity index (χ3n) is 4.57. The van der Waals surface area contributed by atoms with E-state index in [1.165, 1.54) is 18.7 Å². The Bertz CT molecular complexity index is 669. The number of hydrogen-bond donors (Lipinski definition) is 8. The SMILES string of the molecule is CSCC[C@H](NC(=O)CN)C(=O)N[C@@H](CS)C(=O)N[C@@H](CCCCN)C(=O)N[C@@H](C)C(=O)O. The highest BCUT2D eigenvalue weighted by atomic mass is 32.2. The summed E-state index contributed by atoms with van der Waals surface area (Å²) in [5.74, 6) is -3.11. The minimum absolute atomic E-state index is 0.0691. The summed E-state index contributed by atoms with van der Waals surface area (Å²) in [4.78, 5) is 60.7. The first-order chi connectivity index (χ1) is 15.6. The second kappa shape index (κ2) is 17.4. The number of nitrogens with one attached hydrogen (secondary N) is 4. The van der Waals surface area contributed by atoms with Crippen LogP contribution in [0.5, 0.6) is 0 Å². The summed E-state index contributed by atoms with van der Waals surface area (Å²) in [5, 5.41) is 18.9. The third kappa shape index (κ3) is 12.7. The lowest BCUT2D eigenvalue weighted by atomic mass is 10.1. The molecule has 12 nitrogen and oxygen atoms in total. The second-order valence-electron chi connectivity index (χ2n) is 7.26. The zero-order valence-electron chi connectivity index (χ0n) is 19.0. The summed E-state index contributed by atoms with van der Waals surface area (Å²) in [5.41, 5.74) is 10.8. The topological polar surface area (TPSA) is 206 Å². The van der Waals surface area contributed by atoms with Gasteiger partial charge >= 0.3 is 5.97 Å². The van der Waals surface area contributed by atoms with Crippen LogP contribution in [0.1, 0.15) is 32.6 Å². The fourth-order valence-corrected chi connectivity index (χ4v) is 3.36. The van der Waals surface area contributed by atoms with Crippen molar-refractivity contribution < 1.29 is 29.1 Å². The Hall–Kier alpha value is -2.03. The Balaban J connectivity index is 5.29. The minimum Gasteiger partial charge on any atom is -0.480 e. The number of thioether (sulfide) groups is 1. The lowest BCUT2D eigenvalue weighted by molar-refractivity contribution is -0.141. The van der Waals surface area contributed by atoms with Gasteiger partial charge in [-0.15, -0.1) is 0 Å². The van der Waals surface area contributed by atoms with Crippen LogP contribution in [0.15, 0.2) is 0 Å². The number of hydrogen-bond acceptors (Lipinski definition) is 9. The molecule has 4 amide bonds. The van der Waals surface area contributed by atoms with Crippen LogP contribution in [-0.2, 0) is 24.0 Å². The van der Waals surface area contributed by atoms with Crippen LogP contribution in [0, 0.1) is 0 Å². The summed E-state index contributed by atoms with van der Waals surface area (Å²) in [6.45, 7) is 1.42. The molecule has 0 aliphatic carbocycles. The quantitative estimate of drug-likeness (QED) is 0.0791. The van der Waals surface area contributed by atoms with Crippen LogP contribution in [0.2, 0.25) is 0 Å². The highest BCUT2D eigenvalue weighted by molar-refractivity contribution is 7.98. The molecule has 0 radical (unpaired) electrons. The van der Waals surface area contributed by atoms with Gasteiger partial charge < -0.3 is 37.8 Å². The van der Waals surface area contributed by atoms with Crippen molar-refractivity contribution in [3.05, 3.63) is 0 Å². The Labute approximate surface area is 203 Å². The van der Waals surface area contributed by atoms with E-state index in [1.807, 2.05) is 6.26 Å². The number of carboxylic acid groups (broad SMARTS) is 1. The molecule has 0 saturated heterocycles. The zero-order valence-corrected chi connectivity index (χ0v) is 20.7. The van der Waals surface area contributed by atoms with Gasteiger partial charge in [-0.1, -0.05) is 0 Å². The molecule has 0 aliphatic heterocycles. The summed E-state index contributed by atoms with van der Waals surface area (Å²) < 4.78 is 0. The predicted molar refractivity (Wildman–Crippen MR) is 130 cm³/mol. The maximum absolute atomic E-state index is 12.8. The fourth-order valence-electron chi connectivity index (χ4n) is 2.63. The highest BCUT2D eigenvalue weighted by Gasteiger charge is 2.29. The van der Waals surface area contributed by atoms with Gasteiger partial charge in [0.1, 0.15) is 24.2 Å². The van der Waals surface area contributed by atoms with E-state index < -0.39 is 53.8 Å². The van der Waals surface area contributed by atoms with Gasteiger partial charge in [-0.2, -0.15) is 24.4 Å². The molecule has 0 saturated carbocycles. The first-order valence-electron chi connectivity index (χ1n) is 10.5. The average molecular weight is 509 g/mol. The molecule has 0 aliphatic rings. The molecule has 9 N–H and O–H groups in total. The van der Waals surface area contributed by atoms with E-state index >= 15 is 0 Å². The van der Waals surface area contributed by atoms with Crippen molar-refractivity contribution in [3.8, 4) is 0 Å². The lowest BCUT2D eigenvalue weighted by Gasteiger charge is -2.25. The molecule has 0 unspecified atom stereocenters. The predicted octanol–water partition coefficient (Wildman–Crippen LogP) is -2.20. The molecule has 33 heavy (non-hydrogen) atoms. The van der Waals surface area contributed by atoms with Crippen LogP contribution in [0.3, 0.4) is 0 Å². The van der Waals surface area contributed by atoms with Crippen LogP contribution in [0.4, 0.5) is 0 Å². The van der Waals surface area contributed by atoms with Crippen molar-refractivity contribution in [1.29, 1.82) is 0 Å². The van der Waals surface area contributed by atoms with Gasteiger partial charge in [0.05, 0.1) is 6.54 Å². The van der Waals surface area contributed by atoms with Crippen molar-refractivity contribution >= 4 is 54.0 Å². The molecule has 0 aromatic rings. The number of carbonyl (C=O) groups is 5. The van der Waals surface area contributed by atoms with Gasteiger partial charge in [0.2, 0.25) is 23.6 Å².